The van der Waals surface area contributed by atoms with Gasteiger partial charge in [0, 0.05) is 11.6 Å². The fourth-order valence-electron chi connectivity index (χ4n) is 1.59. The van der Waals surface area contributed by atoms with Crippen LogP contribution in [0, 0.1) is 12.7 Å². The van der Waals surface area contributed by atoms with E-state index in [1.807, 2.05) is 13.8 Å². The number of benzene rings is 1. The second-order valence-electron chi connectivity index (χ2n) is 3.68. The summed E-state index contributed by atoms with van der Waals surface area (Å²) in [6.45, 7) is 3.70. The minimum Gasteiger partial charge on any atom is -0.496 e. The fraction of sp³-hybridized carbons (Fsp3) is 0.455. The maximum Gasteiger partial charge on any atom is 0.138 e. The Hall–Kier alpha value is -0.610. The molecule has 0 aliphatic rings. The Morgan fingerprint density at radius 2 is 2.20 bits per heavy atom. The first-order chi connectivity index (χ1) is 6.97. The van der Waals surface area contributed by atoms with Gasteiger partial charge >= 0.3 is 0 Å². The lowest BCUT2D eigenvalue weighted by Gasteiger charge is -2.15. The van der Waals surface area contributed by atoms with Gasteiger partial charge in [0.25, 0.3) is 0 Å². The monoisotopic (exact) mass is 275 g/mol. The summed E-state index contributed by atoms with van der Waals surface area (Å²) in [5.41, 5.74) is 7.30. The minimum absolute atomic E-state index is 0.0311. The van der Waals surface area contributed by atoms with Crippen molar-refractivity contribution in [1.82, 2.24) is 0 Å². The van der Waals surface area contributed by atoms with Gasteiger partial charge in [0.1, 0.15) is 11.6 Å². The van der Waals surface area contributed by atoms with E-state index in [0.29, 0.717) is 16.6 Å². The Bertz CT molecular complexity index is 366. The molecular weight excluding hydrogens is 261 g/mol. The molecule has 4 heteroatoms. The van der Waals surface area contributed by atoms with Gasteiger partial charge in [0.15, 0.2) is 0 Å². The molecule has 0 radical (unpaired) electrons. The van der Waals surface area contributed by atoms with Crippen LogP contribution >= 0.6 is 15.9 Å². The summed E-state index contributed by atoms with van der Waals surface area (Å²) < 4.78 is 19.2. The lowest BCUT2D eigenvalue weighted by molar-refractivity contribution is 0.403. The van der Waals surface area contributed by atoms with Crippen LogP contribution in [0.2, 0.25) is 0 Å². The molecule has 0 heterocycles. The third kappa shape index (κ3) is 2.69. The number of rotatable bonds is 3. The van der Waals surface area contributed by atoms with E-state index >= 15 is 0 Å². The van der Waals surface area contributed by atoms with Gasteiger partial charge in [-0.15, -0.1) is 0 Å². The summed E-state index contributed by atoms with van der Waals surface area (Å²) in [6, 6.07) is 1.42. The van der Waals surface area contributed by atoms with Crippen LogP contribution in [0.25, 0.3) is 0 Å². The van der Waals surface area contributed by atoms with E-state index in [9.17, 15) is 4.39 Å². The van der Waals surface area contributed by atoms with E-state index in [2.05, 4.69) is 15.9 Å². The lowest BCUT2D eigenvalue weighted by Crippen LogP contribution is -2.19. The largest absolute Gasteiger partial charge is 0.496 e. The molecule has 0 aliphatic carbocycles. The molecule has 0 spiro atoms. The predicted molar refractivity (Wildman–Crippen MR) is 62.7 cm³/mol. The number of nitrogens with two attached hydrogens (primary N) is 1. The highest BCUT2D eigenvalue weighted by Gasteiger charge is 2.16. The molecule has 0 amide bonds. The zero-order valence-electron chi connectivity index (χ0n) is 9.10. The average Bonchev–Trinajstić information content (AvgIpc) is 2.13. The normalized spacial score (nSPS) is 12.7. The Kier molecular flexibility index (Phi) is 4.11. The van der Waals surface area contributed by atoms with Gasteiger partial charge in [-0.2, -0.15) is 0 Å². The van der Waals surface area contributed by atoms with Crippen molar-refractivity contribution in [2.45, 2.75) is 26.3 Å². The van der Waals surface area contributed by atoms with Crippen molar-refractivity contribution >= 4 is 15.9 Å². The smallest absolute Gasteiger partial charge is 0.138 e. The van der Waals surface area contributed by atoms with Gasteiger partial charge in [-0.1, -0.05) is 0 Å². The number of ether oxygens (including phenoxy) is 1. The number of aryl methyl sites for hydroxylation is 1. The topological polar surface area (TPSA) is 35.2 Å². The number of hydrogen-bond acceptors (Lipinski definition) is 2. The van der Waals surface area contributed by atoms with E-state index in [1.54, 1.807) is 7.11 Å². The average molecular weight is 276 g/mol. The van der Waals surface area contributed by atoms with E-state index in [0.717, 1.165) is 11.1 Å². The molecule has 2 nitrogen and oxygen atoms in total. The third-order valence-electron chi connectivity index (χ3n) is 2.18. The van der Waals surface area contributed by atoms with E-state index in [-0.39, 0.29) is 11.9 Å². The molecule has 15 heavy (non-hydrogen) atoms. The quantitative estimate of drug-likeness (QED) is 0.921. The van der Waals surface area contributed by atoms with Crippen LogP contribution in [0.3, 0.4) is 0 Å². The molecule has 1 aromatic rings. The van der Waals surface area contributed by atoms with E-state index in [4.69, 9.17) is 10.5 Å². The van der Waals surface area contributed by atoms with Crippen LogP contribution in [0.4, 0.5) is 4.39 Å². The maximum atomic E-state index is 13.5. The SMILES string of the molecule is COc1c(C)cc(F)c(Br)c1CC(C)N. The van der Waals surface area contributed by atoms with Crippen LogP contribution in [-0.2, 0) is 6.42 Å². The van der Waals surface area contributed by atoms with Crippen molar-refractivity contribution in [3.63, 3.8) is 0 Å². The summed E-state index contributed by atoms with van der Waals surface area (Å²) >= 11 is 3.22. The minimum atomic E-state index is -0.274. The molecule has 0 saturated heterocycles. The molecule has 1 unspecified atom stereocenters. The summed E-state index contributed by atoms with van der Waals surface area (Å²) in [5.74, 6) is 0.435. The Labute approximate surface area is 97.7 Å². The standard InChI is InChI=1S/C11H15BrFNO/c1-6-4-9(13)10(12)8(5-7(2)14)11(6)15-3/h4,7H,5,14H2,1-3H3. The van der Waals surface area contributed by atoms with Crippen molar-refractivity contribution in [3.8, 4) is 5.75 Å². The molecule has 2 N–H and O–H groups in total. The van der Waals surface area contributed by atoms with Crippen molar-refractivity contribution < 1.29 is 9.13 Å². The number of hydrogen-bond donors (Lipinski definition) is 1. The van der Waals surface area contributed by atoms with Crippen LogP contribution in [0.15, 0.2) is 10.5 Å². The molecule has 0 saturated carbocycles. The van der Waals surface area contributed by atoms with Crippen LogP contribution in [0.1, 0.15) is 18.1 Å². The zero-order chi connectivity index (χ0) is 11.6. The van der Waals surface area contributed by atoms with E-state index in [1.165, 1.54) is 6.07 Å². The van der Waals surface area contributed by atoms with E-state index < -0.39 is 0 Å². The highest BCUT2D eigenvalue weighted by molar-refractivity contribution is 9.10. The Morgan fingerprint density at radius 1 is 1.60 bits per heavy atom. The summed E-state index contributed by atoms with van der Waals surface area (Å²) in [7, 11) is 1.58. The van der Waals surface area contributed by atoms with Crippen LogP contribution in [-0.4, -0.2) is 13.2 Å². The third-order valence-corrected chi connectivity index (χ3v) is 3.04. The summed E-state index contributed by atoms with van der Waals surface area (Å²) in [4.78, 5) is 0. The molecule has 0 aliphatic heterocycles. The first kappa shape index (κ1) is 12.5. The molecule has 1 aromatic carbocycles. The van der Waals surface area contributed by atoms with Gasteiger partial charge in [-0.25, -0.2) is 4.39 Å². The first-order valence-electron chi connectivity index (χ1n) is 4.74. The second kappa shape index (κ2) is 4.94. The summed E-state index contributed by atoms with van der Waals surface area (Å²) in [5, 5.41) is 0. The fourth-order valence-corrected chi connectivity index (χ4v) is 2.05. The molecule has 0 fully saturated rings. The first-order valence-corrected chi connectivity index (χ1v) is 5.53. The molecular formula is C11H15BrFNO. The zero-order valence-corrected chi connectivity index (χ0v) is 10.7. The second-order valence-corrected chi connectivity index (χ2v) is 4.48. The molecule has 84 valence electrons. The molecule has 0 aromatic heterocycles. The lowest BCUT2D eigenvalue weighted by atomic mass is 10.0. The van der Waals surface area contributed by atoms with Crippen molar-refractivity contribution in [2.24, 2.45) is 5.73 Å². The molecule has 1 rings (SSSR count). The van der Waals surface area contributed by atoms with Gasteiger partial charge in [0.2, 0.25) is 0 Å². The van der Waals surface area contributed by atoms with Gasteiger partial charge < -0.3 is 10.5 Å². The van der Waals surface area contributed by atoms with Crippen LogP contribution < -0.4 is 10.5 Å². The number of methoxy groups -OCH3 is 1. The highest BCUT2D eigenvalue weighted by atomic mass is 79.9. The molecule has 0 bridgehead atoms. The number of halogens is 2. The van der Waals surface area contributed by atoms with Crippen molar-refractivity contribution in [3.05, 3.63) is 27.5 Å². The van der Waals surface area contributed by atoms with Gasteiger partial charge in [-0.05, 0) is 47.8 Å². The summed E-state index contributed by atoms with van der Waals surface area (Å²) in [6.07, 6.45) is 0.586. The Balaban J connectivity index is 3.30. The van der Waals surface area contributed by atoms with Gasteiger partial charge in [0.05, 0.1) is 11.6 Å². The van der Waals surface area contributed by atoms with Crippen LogP contribution in [0.5, 0.6) is 5.75 Å². The molecule has 1 atom stereocenters. The predicted octanol–water partition coefficient (Wildman–Crippen LogP) is 2.79. The van der Waals surface area contributed by atoms with Gasteiger partial charge in [-0.3, -0.25) is 0 Å². The highest BCUT2D eigenvalue weighted by Crippen LogP contribution is 2.33. The van der Waals surface area contributed by atoms with Crippen molar-refractivity contribution in [2.75, 3.05) is 7.11 Å². The maximum absolute atomic E-state index is 13.5. The Morgan fingerprint density at radius 3 is 2.67 bits per heavy atom. The van der Waals surface area contributed by atoms with Crippen molar-refractivity contribution in [1.29, 1.82) is 0 Å².